The third kappa shape index (κ3) is 227. The Labute approximate surface area is 678 Å². The number of hydrogen-bond donors (Lipinski definition) is 1. The standard InChI is InChI=1S/C4H7N3O.C4H7N3S.C4H4N2.10C4H10.C3H4N2.C3H3NO.C3H3NS.2C2H2N2O.2C2H2N2S.CHN3O.CHN3S.2CH4/c2*1-3(2)4-5-6-7-8-4;1-2-6-4-3-5-1;10*1-4(2)3;3*1-2-4-5-3-1;1-2-5-4-3-1;1-2-4-5-3-1;1-2-5-4-3-1;3*1-2-4-5-3-1;;/h2*3H,1-2H3;1-4H;10*4H,1-3H3;1-3H,(H,4,5);2*1-3H;4*1-2H;2*1H;2*1H4. The Balaban J connectivity index is -0.0000000907. The zero-order valence-electron chi connectivity index (χ0n) is 71.0. The lowest BCUT2D eigenvalue weighted by Gasteiger charge is -1.90. The largest absolute Gasteiger partial charge is 0.365 e. The predicted molar refractivity (Wildman–Crippen MR) is 454 cm³/mol. The van der Waals surface area contributed by atoms with Crippen LogP contribution in [0.3, 0.4) is 0 Å². The van der Waals surface area contributed by atoms with E-state index in [1.165, 1.54) is 90.1 Å². The van der Waals surface area contributed by atoms with Gasteiger partial charge in [-0.2, -0.15) is 18.2 Å². The van der Waals surface area contributed by atoms with Crippen molar-refractivity contribution in [2.45, 2.75) is 262 Å². The normalized spacial score (nSPS) is 8.57. The van der Waals surface area contributed by atoms with E-state index in [1.54, 1.807) is 74.2 Å². The second-order valence-corrected chi connectivity index (χ2v) is 30.7. The fraction of sp³-hybridized carbons (Fsp3) is 0.658. The lowest BCUT2D eigenvalue weighted by Crippen LogP contribution is -1.85. The Bertz CT molecular complexity index is 2200. The molecule has 628 valence electrons. The summed E-state index contributed by atoms with van der Waals surface area (Å²) < 4.78 is 46.4. The Hall–Kier alpha value is -8.35. The first-order chi connectivity index (χ1) is 50.4. The first-order valence-corrected chi connectivity index (χ1v) is 39.0. The van der Waals surface area contributed by atoms with Crippen LogP contribution in [0.5, 0.6) is 0 Å². The number of H-pyrrole nitrogens is 1. The topological polar surface area (TPSA) is 404 Å². The molecule has 0 spiro atoms. The number of rotatable bonds is 2. The first-order valence-electron chi connectivity index (χ1n) is 35.1. The van der Waals surface area contributed by atoms with Crippen LogP contribution in [-0.4, -0.2) is 129 Å². The lowest BCUT2D eigenvalue weighted by molar-refractivity contribution is 0.292. The Morgan fingerprint density at radius 3 is 0.963 bits per heavy atom. The Kier molecular flexibility index (Phi) is 132. The molecule has 109 heavy (non-hydrogen) atoms. The van der Waals surface area contributed by atoms with Gasteiger partial charge in [-0.15, -0.1) is 20.4 Å². The molecule has 12 aromatic heterocycles. The molecule has 0 unspecified atom stereocenters. The summed E-state index contributed by atoms with van der Waals surface area (Å²) in [6.07, 6.45) is 28.3. The maximum atomic E-state index is 4.62. The summed E-state index contributed by atoms with van der Waals surface area (Å²) in [5.74, 6) is 9.67. The molecule has 0 saturated carbocycles. The summed E-state index contributed by atoms with van der Waals surface area (Å²) in [5, 5.41) is 60.7. The minimum Gasteiger partial charge on any atom is -0.365 e. The molecular weight excluding hydrogens is 1480 g/mol. The highest BCUT2D eigenvalue weighted by molar-refractivity contribution is 7.05. The minimum absolute atomic E-state index is 0. The molecule has 0 aliphatic carbocycles. The second-order valence-electron chi connectivity index (χ2n) is 27.4. The Morgan fingerprint density at radius 2 is 0.835 bits per heavy atom. The van der Waals surface area contributed by atoms with Crippen molar-refractivity contribution in [2.75, 3.05) is 0 Å². The van der Waals surface area contributed by atoms with Crippen LogP contribution in [0.4, 0.5) is 0 Å². The van der Waals surface area contributed by atoms with E-state index in [4.69, 9.17) is 0 Å². The summed E-state index contributed by atoms with van der Waals surface area (Å²) in [5.41, 5.74) is 0. The van der Waals surface area contributed by atoms with Gasteiger partial charge in [0.15, 0.2) is 12.7 Å². The SMILES string of the molecule is C.C.CC(C)C.CC(C)C.CC(C)C.CC(C)C.CC(C)C.CC(C)C.CC(C)C.CC(C)C.CC(C)C.CC(C)C.CC(C)c1nnno1.CC(C)c1nnns1.c1cn[nH]c1.c1cnccn1.c1cnoc1.c1cnon1.c1cnsc1.c1cnsn1.c1conn1.c1csnn1.c1nnon1.c1nnsn1. The van der Waals surface area contributed by atoms with Crippen molar-refractivity contribution in [2.24, 2.45) is 59.2 Å². The van der Waals surface area contributed by atoms with Gasteiger partial charge >= 0.3 is 0 Å². The summed E-state index contributed by atoms with van der Waals surface area (Å²) >= 11 is 6.49. The fourth-order valence-corrected chi connectivity index (χ4v) is 3.85. The highest BCUT2D eigenvalue weighted by atomic mass is 32.1. The maximum Gasteiger partial charge on any atom is 0.250 e. The van der Waals surface area contributed by atoms with E-state index >= 15 is 0 Å². The van der Waals surface area contributed by atoms with Crippen LogP contribution < -0.4 is 0 Å². The molecule has 12 aromatic rings. The number of aromatic amines is 1. The lowest BCUT2D eigenvalue weighted by atomic mass is 10.2. The van der Waals surface area contributed by atoms with Crippen LogP contribution in [0.25, 0.3) is 0 Å². The Morgan fingerprint density at radius 1 is 0.330 bits per heavy atom. The van der Waals surface area contributed by atoms with Crippen LogP contribution >= 0.6 is 58.1 Å². The molecule has 1 N–H and O–H groups in total. The zero-order valence-corrected chi connectivity index (χ0v) is 75.1. The van der Waals surface area contributed by atoms with Gasteiger partial charge in [-0.3, -0.25) is 15.1 Å². The van der Waals surface area contributed by atoms with Crippen molar-refractivity contribution in [1.29, 1.82) is 0 Å². The molecule has 0 aromatic carbocycles. The van der Waals surface area contributed by atoms with Gasteiger partial charge in [0, 0.05) is 82.8 Å². The fourth-order valence-electron chi connectivity index (χ4n) is 2.30. The minimum atomic E-state index is 0. The van der Waals surface area contributed by atoms with E-state index < -0.39 is 0 Å². The van der Waals surface area contributed by atoms with Crippen LogP contribution in [0.2, 0.25) is 0 Å². The monoisotopic (exact) mass is 1630 g/mol. The van der Waals surface area contributed by atoms with Crippen molar-refractivity contribution in [3.8, 4) is 0 Å². The van der Waals surface area contributed by atoms with Crippen molar-refractivity contribution in [3.05, 3.63) is 152 Å². The summed E-state index contributed by atoms with van der Waals surface area (Å²) in [4.78, 5) is 7.44. The molecule has 12 heterocycles. The van der Waals surface area contributed by atoms with E-state index in [0.717, 1.165) is 75.9 Å². The summed E-state index contributed by atoms with van der Waals surface area (Å²) in [7, 11) is 0. The van der Waals surface area contributed by atoms with Crippen molar-refractivity contribution in [1.82, 2.24) is 129 Å². The first kappa shape index (κ1) is 127. The van der Waals surface area contributed by atoms with Gasteiger partial charge in [0.05, 0.1) is 77.4 Å². The van der Waals surface area contributed by atoms with Crippen molar-refractivity contribution in [3.63, 3.8) is 0 Å². The number of nitrogens with one attached hydrogen (secondary N) is 1. The molecule has 36 heteroatoms. The average molecular weight is 1630 g/mol. The van der Waals surface area contributed by atoms with Gasteiger partial charge < -0.3 is 13.6 Å². The zero-order chi connectivity index (χ0) is 83.8. The van der Waals surface area contributed by atoms with Gasteiger partial charge in [0.1, 0.15) is 17.5 Å². The average Bonchev–Trinajstić information content (AvgIpc) is 1.83. The molecule has 0 radical (unpaired) electrons. The smallest absolute Gasteiger partial charge is 0.250 e. The van der Waals surface area contributed by atoms with Crippen LogP contribution in [-0.2, 0) is 0 Å². The van der Waals surface area contributed by atoms with Gasteiger partial charge in [-0.1, -0.05) is 289 Å². The predicted octanol–water partition coefficient (Wildman–Crippen LogP) is 22.9. The third-order valence-corrected chi connectivity index (χ3v) is 7.42. The van der Waals surface area contributed by atoms with Crippen LogP contribution in [0.15, 0.2) is 164 Å². The maximum absolute atomic E-state index is 4.62. The van der Waals surface area contributed by atoms with E-state index in [2.05, 4.69) is 373 Å². The molecule has 0 bridgehead atoms. The van der Waals surface area contributed by atoms with E-state index in [9.17, 15) is 0 Å². The molecule has 0 fully saturated rings. The molecular formula is C73H146N26O5S5. The molecule has 0 aliphatic rings. The van der Waals surface area contributed by atoms with E-state index in [0.29, 0.717) is 11.8 Å². The van der Waals surface area contributed by atoms with Crippen LogP contribution in [0.1, 0.15) is 273 Å². The highest BCUT2D eigenvalue weighted by Gasteiger charge is 2.03. The molecule has 12 rings (SSSR count). The van der Waals surface area contributed by atoms with Gasteiger partial charge in [0.2, 0.25) is 0 Å². The number of aromatic nitrogens is 26. The van der Waals surface area contributed by atoms with Gasteiger partial charge in [-0.05, 0) is 116 Å². The van der Waals surface area contributed by atoms with Gasteiger partial charge in [0.25, 0.3) is 5.89 Å². The molecule has 0 atom stereocenters. The summed E-state index contributed by atoms with van der Waals surface area (Å²) in [6.45, 7) is 73.1. The molecule has 0 amide bonds. The van der Waals surface area contributed by atoms with Gasteiger partial charge in [-0.25, -0.2) is 13.6 Å². The third-order valence-electron chi connectivity index (χ3n) is 4.78. The highest BCUT2D eigenvalue weighted by Crippen LogP contribution is 2.11. The molecule has 31 nitrogen and oxygen atoms in total. The molecule has 0 aliphatic heterocycles. The summed E-state index contributed by atoms with van der Waals surface area (Å²) in [6, 6.07) is 5.46. The second kappa shape index (κ2) is 113. The quantitative estimate of drug-likeness (QED) is 0.168. The van der Waals surface area contributed by atoms with Crippen LogP contribution in [0, 0.1) is 59.2 Å². The van der Waals surface area contributed by atoms with E-state index in [-0.39, 0.29) is 20.8 Å². The number of nitrogens with zero attached hydrogens (tertiary/aromatic N) is 25. The van der Waals surface area contributed by atoms with Crippen molar-refractivity contribution < 1.29 is 22.8 Å². The van der Waals surface area contributed by atoms with E-state index in [1.807, 2.05) is 36.7 Å². The molecule has 0 saturated heterocycles. The van der Waals surface area contributed by atoms with Crippen molar-refractivity contribution >= 4 is 58.1 Å². The number of hydrogen-bond acceptors (Lipinski definition) is 35.